The lowest BCUT2D eigenvalue weighted by molar-refractivity contribution is 0.0957. The topological polar surface area (TPSA) is 67.8 Å². The summed E-state index contributed by atoms with van der Waals surface area (Å²) in [5, 5.41) is 0. The number of carbonyl (C=O) groups is 1. The van der Waals surface area contributed by atoms with Crippen LogP contribution < -0.4 is 14.4 Å². The highest BCUT2D eigenvalue weighted by Gasteiger charge is 2.27. The molecule has 3 aliphatic rings. The van der Waals surface area contributed by atoms with Gasteiger partial charge < -0.3 is 14.4 Å². The van der Waals surface area contributed by atoms with E-state index >= 15 is 0 Å². The van der Waals surface area contributed by atoms with Crippen LogP contribution in [0.3, 0.4) is 0 Å². The first-order valence-electron chi connectivity index (χ1n) is 12.2. The summed E-state index contributed by atoms with van der Waals surface area (Å²) >= 11 is 0. The number of fused-ring (bicyclic) bond motifs is 2. The van der Waals surface area contributed by atoms with E-state index in [9.17, 15) is 4.79 Å². The van der Waals surface area contributed by atoms with Gasteiger partial charge in [0.25, 0.3) is 0 Å². The van der Waals surface area contributed by atoms with Crippen molar-refractivity contribution in [2.45, 2.75) is 19.4 Å². The molecule has 2 aromatic carbocycles. The average Bonchev–Trinajstić information content (AvgIpc) is 3.36. The molecule has 1 saturated heterocycles. The third-order valence-electron chi connectivity index (χ3n) is 6.92. The molecule has 1 fully saturated rings. The fourth-order valence-electron chi connectivity index (χ4n) is 4.97. The average molecular weight is 469 g/mol. The van der Waals surface area contributed by atoms with Gasteiger partial charge in [-0.1, -0.05) is 48.6 Å². The van der Waals surface area contributed by atoms with Gasteiger partial charge in [0.15, 0.2) is 17.3 Å². The van der Waals surface area contributed by atoms with Crippen LogP contribution in [0.4, 0.5) is 5.95 Å². The highest BCUT2D eigenvalue weighted by Crippen LogP contribution is 2.33. The zero-order chi connectivity index (χ0) is 23.6. The number of allylic oxidation sites excluding steroid dienone is 1. The van der Waals surface area contributed by atoms with E-state index in [2.05, 4.69) is 51.2 Å². The van der Waals surface area contributed by atoms with E-state index < -0.39 is 0 Å². The van der Waals surface area contributed by atoms with Gasteiger partial charge in [0.1, 0.15) is 0 Å². The van der Waals surface area contributed by atoms with Crippen LogP contribution in [-0.2, 0) is 13.0 Å². The van der Waals surface area contributed by atoms with E-state index in [1.54, 1.807) is 6.20 Å². The second kappa shape index (κ2) is 9.50. The third-order valence-corrected chi connectivity index (χ3v) is 6.92. The van der Waals surface area contributed by atoms with Crippen molar-refractivity contribution < 1.29 is 14.3 Å². The molecule has 178 valence electrons. The SMILES string of the molecule is O=C1C[C@@H](/C=C/c2ccccc2)Cc2nc(N3CCN(Cc4ccc5c(c4)OCO5)CC3)ncc21. The van der Waals surface area contributed by atoms with Gasteiger partial charge in [-0.15, -0.1) is 0 Å². The number of hydrogen-bond donors (Lipinski definition) is 0. The maximum atomic E-state index is 12.7. The number of aromatic nitrogens is 2. The molecule has 0 bridgehead atoms. The lowest BCUT2D eigenvalue weighted by atomic mass is 9.86. The Kier molecular flexibility index (Phi) is 5.92. The molecule has 7 nitrogen and oxygen atoms in total. The number of carbonyl (C=O) groups excluding carboxylic acids is 1. The van der Waals surface area contributed by atoms with Crippen LogP contribution in [0.25, 0.3) is 6.08 Å². The minimum Gasteiger partial charge on any atom is -0.454 e. The molecule has 6 rings (SSSR count). The first-order chi connectivity index (χ1) is 17.2. The summed E-state index contributed by atoms with van der Waals surface area (Å²) in [5.41, 5.74) is 3.92. The molecule has 1 aliphatic carbocycles. The summed E-state index contributed by atoms with van der Waals surface area (Å²) < 4.78 is 10.9. The molecule has 1 atom stereocenters. The van der Waals surface area contributed by atoms with E-state index in [4.69, 9.17) is 14.5 Å². The van der Waals surface area contributed by atoms with Crippen molar-refractivity contribution in [3.8, 4) is 11.5 Å². The van der Waals surface area contributed by atoms with Gasteiger partial charge in [-0.05, 0) is 35.6 Å². The standard InChI is InChI=1S/C28H28N4O3/c33-25-15-21(7-6-20-4-2-1-3-5-20)14-24-23(25)17-29-28(30-24)32-12-10-31(11-13-32)18-22-8-9-26-27(16-22)35-19-34-26/h1-9,16-17,21H,10-15,18-19H2/b7-6+/t21-/m0/s1. The van der Waals surface area contributed by atoms with E-state index in [0.29, 0.717) is 18.8 Å². The second-order valence-electron chi connectivity index (χ2n) is 9.34. The van der Waals surface area contributed by atoms with Gasteiger partial charge in [0.2, 0.25) is 12.7 Å². The predicted molar refractivity (Wildman–Crippen MR) is 134 cm³/mol. The summed E-state index contributed by atoms with van der Waals surface area (Å²) in [5.74, 6) is 2.67. The van der Waals surface area contributed by atoms with Crippen molar-refractivity contribution in [2.24, 2.45) is 5.92 Å². The highest BCUT2D eigenvalue weighted by atomic mass is 16.7. The Labute approximate surface area is 205 Å². The Morgan fingerprint density at radius 3 is 2.66 bits per heavy atom. The predicted octanol–water partition coefficient (Wildman–Crippen LogP) is 3.99. The number of hydrogen-bond acceptors (Lipinski definition) is 7. The second-order valence-corrected chi connectivity index (χ2v) is 9.34. The number of benzene rings is 2. The summed E-state index contributed by atoms with van der Waals surface area (Å²) in [7, 11) is 0. The Bertz CT molecular complexity index is 1250. The molecule has 3 aromatic rings. The minimum atomic E-state index is 0.133. The molecule has 0 saturated carbocycles. The number of nitrogens with zero attached hydrogens (tertiary/aromatic N) is 4. The number of anilines is 1. The monoisotopic (exact) mass is 468 g/mol. The molecule has 1 aromatic heterocycles. The van der Waals surface area contributed by atoms with Crippen LogP contribution in [0.5, 0.6) is 11.5 Å². The maximum Gasteiger partial charge on any atom is 0.231 e. The Morgan fingerprint density at radius 2 is 1.80 bits per heavy atom. The van der Waals surface area contributed by atoms with E-state index in [-0.39, 0.29) is 11.7 Å². The van der Waals surface area contributed by atoms with Crippen LogP contribution in [0.2, 0.25) is 0 Å². The van der Waals surface area contributed by atoms with Crippen LogP contribution in [0.1, 0.15) is 33.6 Å². The first-order valence-corrected chi connectivity index (χ1v) is 12.2. The number of Topliss-reactive ketones (excluding diaryl/α,β-unsaturated/α-hetero) is 1. The molecule has 35 heavy (non-hydrogen) atoms. The number of ether oxygens (including phenoxy) is 2. The van der Waals surface area contributed by atoms with Crippen molar-refractivity contribution in [1.82, 2.24) is 14.9 Å². The summed E-state index contributed by atoms with van der Waals surface area (Å²) in [4.78, 5) is 26.8. The summed E-state index contributed by atoms with van der Waals surface area (Å²) in [6.07, 6.45) is 7.26. The fraction of sp³-hybridized carbons (Fsp3) is 0.321. The summed E-state index contributed by atoms with van der Waals surface area (Å²) in [6.45, 7) is 4.74. The lowest BCUT2D eigenvalue weighted by Gasteiger charge is -2.35. The normalized spacial score (nSPS) is 19.8. The molecule has 0 spiro atoms. The van der Waals surface area contributed by atoms with Crippen LogP contribution in [-0.4, -0.2) is 53.6 Å². The number of rotatable bonds is 5. The van der Waals surface area contributed by atoms with Crippen molar-refractivity contribution in [3.63, 3.8) is 0 Å². The highest BCUT2D eigenvalue weighted by molar-refractivity contribution is 5.98. The van der Waals surface area contributed by atoms with Gasteiger partial charge in [-0.2, -0.15) is 0 Å². The number of ketones is 1. The van der Waals surface area contributed by atoms with Crippen LogP contribution in [0, 0.1) is 5.92 Å². The molecule has 0 N–H and O–H groups in total. The van der Waals surface area contributed by atoms with Gasteiger partial charge in [-0.3, -0.25) is 9.69 Å². The Hall–Kier alpha value is -3.71. The zero-order valence-electron chi connectivity index (χ0n) is 19.6. The van der Waals surface area contributed by atoms with Crippen LogP contribution in [0.15, 0.2) is 60.8 Å². The van der Waals surface area contributed by atoms with Crippen molar-refractivity contribution in [2.75, 3.05) is 37.9 Å². The van der Waals surface area contributed by atoms with Crippen LogP contribution >= 0.6 is 0 Å². The van der Waals surface area contributed by atoms with E-state index in [1.807, 2.05) is 24.3 Å². The molecular formula is C28H28N4O3. The summed E-state index contributed by atoms with van der Waals surface area (Å²) in [6, 6.07) is 16.4. The van der Waals surface area contributed by atoms with Gasteiger partial charge in [0, 0.05) is 45.3 Å². The molecule has 3 heterocycles. The minimum absolute atomic E-state index is 0.133. The Balaban J connectivity index is 1.09. The quantitative estimate of drug-likeness (QED) is 0.561. The molecule has 0 radical (unpaired) electrons. The molecular weight excluding hydrogens is 440 g/mol. The van der Waals surface area contributed by atoms with Crippen molar-refractivity contribution in [1.29, 1.82) is 0 Å². The smallest absolute Gasteiger partial charge is 0.231 e. The lowest BCUT2D eigenvalue weighted by Crippen LogP contribution is -2.46. The van der Waals surface area contributed by atoms with E-state index in [1.165, 1.54) is 5.56 Å². The number of piperazine rings is 1. The van der Waals surface area contributed by atoms with Crippen molar-refractivity contribution in [3.05, 3.63) is 83.2 Å². The molecule has 2 aliphatic heterocycles. The van der Waals surface area contributed by atoms with Gasteiger partial charge in [-0.25, -0.2) is 9.97 Å². The first kappa shape index (κ1) is 21.8. The van der Waals surface area contributed by atoms with E-state index in [0.717, 1.165) is 67.8 Å². The molecule has 0 unspecified atom stereocenters. The molecule has 7 heteroatoms. The Morgan fingerprint density at radius 1 is 0.971 bits per heavy atom. The third kappa shape index (κ3) is 4.77. The van der Waals surface area contributed by atoms with Gasteiger partial charge >= 0.3 is 0 Å². The van der Waals surface area contributed by atoms with Crippen molar-refractivity contribution >= 4 is 17.8 Å². The molecule has 0 amide bonds. The zero-order valence-corrected chi connectivity index (χ0v) is 19.6. The van der Waals surface area contributed by atoms with Gasteiger partial charge in [0.05, 0.1) is 11.3 Å². The maximum absolute atomic E-state index is 12.7. The fourth-order valence-corrected chi connectivity index (χ4v) is 4.97. The largest absolute Gasteiger partial charge is 0.454 e.